The molecule has 0 heterocycles. The molecule has 0 aliphatic carbocycles. The van der Waals surface area contributed by atoms with Gasteiger partial charge in [-0.05, 0) is 0 Å². The van der Waals surface area contributed by atoms with Gasteiger partial charge in [0.05, 0.1) is 0 Å². The van der Waals surface area contributed by atoms with Crippen molar-refractivity contribution >= 4 is 80.8 Å². The van der Waals surface area contributed by atoms with E-state index >= 15 is 0 Å². The molecule has 0 unspecified atom stereocenters. The van der Waals surface area contributed by atoms with Crippen LogP contribution in [-0.4, -0.2) is 80.8 Å². The Hall–Kier alpha value is 2.86. The van der Waals surface area contributed by atoms with E-state index in [0.29, 0.717) is 0 Å². The summed E-state index contributed by atoms with van der Waals surface area (Å²) in [5.74, 6) is 0. The Morgan fingerprint density at radius 1 is 0.276 bits per heavy atom. The summed E-state index contributed by atoms with van der Waals surface area (Å²) in [6.07, 6.45) is 0. The fourth-order valence-electron chi connectivity index (χ4n) is 0. The summed E-state index contributed by atoms with van der Waals surface area (Å²) in [4.78, 5) is 0. The molecule has 0 atom stereocenters. The predicted octanol–water partition coefficient (Wildman–Crippen LogP) is -14.6. The first-order chi connectivity index (χ1) is 10.0. The molecular weight excluding hydrogens is 683 g/mol. The molecule has 0 aromatic rings. The van der Waals surface area contributed by atoms with Crippen molar-refractivity contribution in [1.82, 2.24) is 0 Å². The minimum atomic E-state index is -5.75. The van der Waals surface area contributed by atoms with Crippen LogP contribution in [0.5, 0.6) is 0 Å². The third kappa shape index (κ3) is 3140. The molecule has 0 saturated carbocycles. The topological polar surface area (TPSA) is 401 Å². The quantitative estimate of drug-likeness (QED) is 0.214. The summed E-state index contributed by atoms with van der Waals surface area (Å²) in [7, 11) is 0. The molecule has 29 heavy (non-hydrogen) atoms. The Labute approximate surface area is 225 Å². The first-order valence-electron chi connectivity index (χ1n) is 3.33. The van der Waals surface area contributed by atoms with Gasteiger partial charge in [0.1, 0.15) is 0 Å². The van der Waals surface area contributed by atoms with E-state index in [1.807, 2.05) is 0 Å². The molecule has 0 amide bonds. The van der Waals surface area contributed by atoms with Crippen molar-refractivity contribution in [3.63, 3.8) is 0 Å². The number of hydrogen-bond donors (Lipinski definition) is 0. The van der Waals surface area contributed by atoms with Crippen LogP contribution in [0.25, 0.3) is 0 Å². The molecule has 0 radical (unpaired) electrons. The summed E-state index contributed by atoms with van der Waals surface area (Å²) in [5, 5.41) is 0. The van der Waals surface area contributed by atoms with Gasteiger partial charge in [-0.2, -0.15) is 0 Å². The van der Waals surface area contributed by atoms with Crippen molar-refractivity contribution in [3.05, 3.63) is 0 Å². The fraction of sp³-hybridized carbons (Fsp3) is 0. The van der Waals surface area contributed by atoms with Crippen LogP contribution in [-0.2, 0) is 106 Å². The van der Waals surface area contributed by atoms with Crippen molar-refractivity contribution < 1.29 is 148 Å². The van der Waals surface area contributed by atoms with Crippen LogP contribution in [0.4, 0.5) is 0 Å². The first kappa shape index (κ1) is 58.1. The van der Waals surface area contributed by atoms with E-state index in [-0.39, 0.29) is 80.8 Å². The van der Waals surface area contributed by atoms with Crippen molar-refractivity contribution in [2.75, 3.05) is 0 Å². The van der Waals surface area contributed by atoms with E-state index in [1.54, 1.807) is 0 Å². The fourth-order valence-corrected chi connectivity index (χ4v) is 0. The van der Waals surface area contributed by atoms with Crippen LogP contribution in [0.3, 0.4) is 0 Å². The second-order valence-electron chi connectivity index (χ2n) is 2.04. The van der Waals surface area contributed by atoms with Gasteiger partial charge in [0.25, 0.3) is 0 Å². The van der Waals surface area contributed by atoms with Crippen LogP contribution < -0.4 is 41.6 Å². The molecule has 0 spiro atoms. The summed E-state index contributed by atoms with van der Waals surface area (Å²) >= 11 is -28.8. The summed E-state index contributed by atoms with van der Waals surface area (Å²) in [5.41, 5.74) is 0. The van der Waals surface area contributed by atoms with Crippen molar-refractivity contribution in [3.8, 4) is 0 Å². The number of hydrogen-bond acceptors (Lipinski definition) is 20. The molecule has 0 rings (SSSR count). The summed E-state index contributed by atoms with van der Waals surface area (Å²) < 4.78 is 172. The van der Waals surface area contributed by atoms with Gasteiger partial charge in [-0.1, -0.05) is 0 Å². The molecule has 29 heteroatoms. The Morgan fingerprint density at radius 2 is 0.276 bits per heavy atom. The molecule has 0 aromatic carbocycles. The molecule has 0 bridgehead atoms. The van der Waals surface area contributed by atoms with Gasteiger partial charge < -0.3 is 0 Å². The van der Waals surface area contributed by atoms with Crippen molar-refractivity contribution in [1.29, 1.82) is 0 Å². The standard InChI is InChI=1S/2Al.5Cr.2Mg.20O/q2*+3;;;;;;2*+2;;;;;;;;;;;10*-1. The van der Waals surface area contributed by atoms with Gasteiger partial charge in [0, 0.05) is 0 Å². The molecule has 160 valence electrons. The van der Waals surface area contributed by atoms with E-state index in [1.165, 1.54) is 0 Å². The Bertz CT molecular complexity index is 629. The molecule has 0 fully saturated rings. The van der Waals surface area contributed by atoms with E-state index in [9.17, 15) is 0 Å². The maximum absolute atomic E-state index is 8.59. The Kier molecular flexibility index (Phi) is 51.0. The monoisotopic (exact) mass is 682 g/mol. The van der Waals surface area contributed by atoms with Crippen molar-refractivity contribution in [2.24, 2.45) is 0 Å². The maximum atomic E-state index is 8.59. The predicted molar refractivity (Wildman–Crippen MR) is 29.9 cm³/mol. The van der Waals surface area contributed by atoms with Crippen LogP contribution in [0.2, 0.25) is 0 Å². The number of rotatable bonds is 0. The third-order valence-corrected chi connectivity index (χ3v) is 0. The third-order valence-electron chi connectivity index (χ3n) is 0. The van der Waals surface area contributed by atoms with E-state index in [2.05, 4.69) is 0 Å². The molecule has 0 aromatic heterocycles. The zero-order valence-corrected chi connectivity index (χ0v) is 24.3. The molecule has 0 N–H and O–H groups in total. The molecule has 20 nitrogen and oxygen atoms in total. The summed E-state index contributed by atoms with van der Waals surface area (Å²) in [6.45, 7) is 0. The van der Waals surface area contributed by atoms with Gasteiger partial charge >= 0.3 is 229 Å². The van der Waals surface area contributed by atoms with Gasteiger partial charge in [0.2, 0.25) is 0 Å². The van der Waals surface area contributed by atoms with Crippen LogP contribution >= 0.6 is 0 Å². The molecule has 0 aliphatic heterocycles. The Morgan fingerprint density at radius 3 is 0.276 bits per heavy atom. The second-order valence-corrected chi connectivity index (χ2v) is 8.42. The zero-order chi connectivity index (χ0) is 22.5. The van der Waals surface area contributed by atoms with Crippen LogP contribution in [0.1, 0.15) is 0 Å². The van der Waals surface area contributed by atoms with Crippen LogP contribution in [0, 0.1) is 0 Å². The Balaban J connectivity index is -0.0000000238. The summed E-state index contributed by atoms with van der Waals surface area (Å²) in [6, 6.07) is 0. The van der Waals surface area contributed by atoms with Gasteiger partial charge in [-0.15, -0.1) is 0 Å². The van der Waals surface area contributed by atoms with E-state index in [0.717, 1.165) is 0 Å². The van der Waals surface area contributed by atoms with E-state index in [4.69, 9.17) is 79.6 Å². The minimum absolute atomic E-state index is 0. The first-order valence-corrected chi connectivity index (χ1v) is 13.7. The van der Waals surface area contributed by atoms with Crippen LogP contribution in [0.15, 0.2) is 0 Å². The SMILES string of the molecule is [Al+3].[Al+3].[Mg+2].[Mg+2].[O]=[Cr](=[O])([O-])[O-].[O]=[Cr](=[O])([O-])[O-].[O]=[Cr](=[O])([O-])[O-].[O]=[Cr](=[O])([O-])[O-].[O]=[Cr](=[O])([O-])[O-]. The zero-order valence-electron chi connectivity index (χ0n) is 12.8. The normalized spacial score (nSPS) is 10.0. The van der Waals surface area contributed by atoms with E-state index < -0.39 is 68.1 Å². The van der Waals surface area contributed by atoms with Gasteiger partial charge in [-0.25, -0.2) is 0 Å². The molecule has 0 aliphatic rings. The average molecular weight is 683 g/mol. The second kappa shape index (κ2) is 25.5. The average Bonchev–Trinajstić information content (AvgIpc) is 1.79. The van der Waals surface area contributed by atoms with Gasteiger partial charge in [0.15, 0.2) is 0 Å². The van der Waals surface area contributed by atoms with Crippen molar-refractivity contribution in [2.45, 2.75) is 0 Å². The van der Waals surface area contributed by atoms with Gasteiger partial charge in [-0.3, -0.25) is 0 Å². The molecule has 0 saturated heterocycles. The molecular formula is Al2Cr5Mg2O20.